The lowest BCUT2D eigenvalue weighted by Gasteiger charge is -1.93. The molecule has 0 spiro atoms. The van der Waals surface area contributed by atoms with Gasteiger partial charge in [0.1, 0.15) is 0 Å². The highest BCUT2D eigenvalue weighted by atomic mass is 79.9. The predicted molar refractivity (Wildman–Crippen MR) is 57.1 cm³/mol. The summed E-state index contributed by atoms with van der Waals surface area (Å²) in [6.45, 7) is 3.45. The van der Waals surface area contributed by atoms with Crippen LogP contribution < -0.4 is 5.32 Å². The zero-order valence-corrected chi connectivity index (χ0v) is 9.74. The maximum Gasteiger partial charge on any atom is 0.283 e. The standard InChI is InChI=1S/C9H10BrN3O2/c1-2-11-5-8-12-13-9(15-8)6-3-4-7(10)14-6/h3-4,11H,2,5H2,1H3. The third-order valence-electron chi connectivity index (χ3n) is 1.78. The Morgan fingerprint density at radius 1 is 1.33 bits per heavy atom. The second-order valence-electron chi connectivity index (χ2n) is 2.89. The molecule has 0 aliphatic heterocycles. The third kappa shape index (κ3) is 2.45. The van der Waals surface area contributed by atoms with Gasteiger partial charge in [0.25, 0.3) is 5.89 Å². The highest BCUT2D eigenvalue weighted by Crippen LogP contribution is 2.23. The fourth-order valence-electron chi connectivity index (χ4n) is 1.09. The molecular weight excluding hydrogens is 262 g/mol. The molecule has 5 nitrogen and oxygen atoms in total. The number of nitrogens with one attached hydrogen (secondary N) is 1. The van der Waals surface area contributed by atoms with Crippen LogP contribution in [0.15, 0.2) is 25.6 Å². The van der Waals surface area contributed by atoms with Crippen molar-refractivity contribution in [2.45, 2.75) is 13.5 Å². The average molecular weight is 272 g/mol. The van der Waals surface area contributed by atoms with Crippen molar-refractivity contribution in [2.24, 2.45) is 0 Å². The molecule has 0 aliphatic carbocycles. The highest BCUT2D eigenvalue weighted by molar-refractivity contribution is 9.10. The van der Waals surface area contributed by atoms with Crippen LogP contribution in [-0.2, 0) is 6.54 Å². The van der Waals surface area contributed by atoms with Crippen LogP contribution >= 0.6 is 15.9 Å². The summed E-state index contributed by atoms with van der Waals surface area (Å²) < 4.78 is 11.3. The Morgan fingerprint density at radius 2 is 2.20 bits per heavy atom. The highest BCUT2D eigenvalue weighted by Gasteiger charge is 2.11. The fraction of sp³-hybridized carbons (Fsp3) is 0.333. The van der Waals surface area contributed by atoms with Gasteiger partial charge in [-0.2, -0.15) is 0 Å². The van der Waals surface area contributed by atoms with Crippen molar-refractivity contribution >= 4 is 15.9 Å². The Bertz CT molecular complexity index is 438. The van der Waals surface area contributed by atoms with E-state index in [-0.39, 0.29) is 0 Å². The van der Waals surface area contributed by atoms with E-state index in [2.05, 4.69) is 31.4 Å². The SMILES string of the molecule is CCNCc1nnc(-c2ccc(Br)o2)o1. The lowest BCUT2D eigenvalue weighted by Crippen LogP contribution is -2.11. The van der Waals surface area contributed by atoms with Crippen molar-refractivity contribution in [1.29, 1.82) is 0 Å². The molecule has 0 saturated heterocycles. The maximum absolute atomic E-state index is 5.39. The van der Waals surface area contributed by atoms with Gasteiger partial charge in [-0.1, -0.05) is 6.92 Å². The van der Waals surface area contributed by atoms with Gasteiger partial charge in [-0.3, -0.25) is 0 Å². The first-order valence-corrected chi connectivity index (χ1v) is 5.37. The summed E-state index contributed by atoms with van der Waals surface area (Å²) in [5, 5.41) is 10.9. The van der Waals surface area contributed by atoms with Crippen LogP contribution in [0, 0.1) is 0 Å². The largest absolute Gasteiger partial charge is 0.444 e. The lowest BCUT2D eigenvalue weighted by atomic mass is 10.4. The molecule has 80 valence electrons. The first-order chi connectivity index (χ1) is 7.29. The van der Waals surface area contributed by atoms with Crippen LogP contribution in [0.4, 0.5) is 0 Å². The minimum atomic E-state index is 0.397. The van der Waals surface area contributed by atoms with E-state index in [1.165, 1.54) is 0 Å². The van der Waals surface area contributed by atoms with Crippen molar-refractivity contribution in [3.8, 4) is 11.7 Å². The zero-order chi connectivity index (χ0) is 10.7. The molecule has 0 aliphatic rings. The van der Waals surface area contributed by atoms with E-state index in [0.717, 1.165) is 6.54 Å². The molecule has 0 unspecified atom stereocenters. The summed E-state index contributed by atoms with van der Waals surface area (Å²) in [6.07, 6.45) is 0. The molecule has 0 aromatic carbocycles. The van der Waals surface area contributed by atoms with E-state index in [1.54, 1.807) is 12.1 Å². The number of hydrogen-bond donors (Lipinski definition) is 1. The van der Waals surface area contributed by atoms with Crippen LogP contribution in [0.25, 0.3) is 11.7 Å². The number of rotatable bonds is 4. The van der Waals surface area contributed by atoms with Gasteiger partial charge in [0.15, 0.2) is 10.4 Å². The van der Waals surface area contributed by atoms with Crippen LogP contribution in [0.2, 0.25) is 0 Å². The van der Waals surface area contributed by atoms with Gasteiger partial charge in [0, 0.05) is 0 Å². The first kappa shape index (κ1) is 10.4. The number of nitrogens with zero attached hydrogens (tertiary/aromatic N) is 2. The molecule has 0 saturated carbocycles. The minimum Gasteiger partial charge on any atom is -0.444 e. The molecule has 0 atom stereocenters. The van der Waals surface area contributed by atoms with Crippen molar-refractivity contribution in [3.05, 3.63) is 22.7 Å². The van der Waals surface area contributed by atoms with Crippen molar-refractivity contribution in [1.82, 2.24) is 15.5 Å². The normalized spacial score (nSPS) is 10.8. The Hall–Kier alpha value is -1.14. The summed E-state index contributed by atoms with van der Waals surface area (Å²) in [5.41, 5.74) is 0. The molecule has 0 bridgehead atoms. The van der Waals surface area contributed by atoms with E-state index < -0.39 is 0 Å². The van der Waals surface area contributed by atoms with E-state index in [0.29, 0.717) is 28.8 Å². The maximum atomic E-state index is 5.39. The van der Waals surface area contributed by atoms with E-state index in [4.69, 9.17) is 8.83 Å². The summed E-state index contributed by atoms with van der Waals surface area (Å²) >= 11 is 3.21. The topological polar surface area (TPSA) is 64.1 Å². The van der Waals surface area contributed by atoms with Gasteiger partial charge in [0.2, 0.25) is 5.89 Å². The van der Waals surface area contributed by atoms with Crippen LogP contribution in [0.3, 0.4) is 0 Å². The fourth-order valence-corrected chi connectivity index (χ4v) is 1.39. The van der Waals surface area contributed by atoms with Crippen LogP contribution in [0.5, 0.6) is 0 Å². The molecule has 15 heavy (non-hydrogen) atoms. The van der Waals surface area contributed by atoms with E-state index in [1.807, 2.05) is 6.92 Å². The molecule has 0 radical (unpaired) electrons. The first-order valence-electron chi connectivity index (χ1n) is 4.58. The Kier molecular flexibility index (Phi) is 3.17. The molecule has 1 N–H and O–H groups in total. The van der Waals surface area contributed by atoms with Crippen molar-refractivity contribution in [3.63, 3.8) is 0 Å². The van der Waals surface area contributed by atoms with Gasteiger partial charge in [0.05, 0.1) is 6.54 Å². The Labute approximate surface area is 95.0 Å². The lowest BCUT2D eigenvalue weighted by molar-refractivity contribution is 0.460. The summed E-state index contributed by atoms with van der Waals surface area (Å²) in [4.78, 5) is 0. The molecule has 2 aromatic heterocycles. The van der Waals surface area contributed by atoms with Gasteiger partial charge in [-0.05, 0) is 34.6 Å². The number of hydrogen-bond acceptors (Lipinski definition) is 5. The molecular formula is C9H10BrN3O2. The van der Waals surface area contributed by atoms with Crippen molar-refractivity contribution in [2.75, 3.05) is 6.54 Å². The quantitative estimate of drug-likeness (QED) is 0.924. The van der Waals surface area contributed by atoms with Gasteiger partial charge in [-0.15, -0.1) is 10.2 Å². The van der Waals surface area contributed by atoms with E-state index in [9.17, 15) is 0 Å². The zero-order valence-electron chi connectivity index (χ0n) is 8.16. The van der Waals surface area contributed by atoms with Crippen LogP contribution in [0.1, 0.15) is 12.8 Å². The van der Waals surface area contributed by atoms with Gasteiger partial charge in [-0.25, -0.2) is 0 Å². The number of aromatic nitrogens is 2. The Balaban J connectivity index is 2.13. The summed E-state index contributed by atoms with van der Waals surface area (Å²) in [5.74, 6) is 1.52. The molecule has 6 heteroatoms. The Morgan fingerprint density at radius 3 is 2.87 bits per heavy atom. The van der Waals surface area contributed by atoms with Crippen molar-refractivity contribution < 1.29 is 8.83 Å². The molecule has 0 amide bonds. The number of halogens is 1. The predicted octanol–water partition coefficient (Wildman–Crippen LogP) is 2.20. The van der Waals surface area contributed by atoms with Crippen LogP contribution in [-0.4, -0.2) is 16.7 Å². The molecule has 2 heterocycles. The molecule has 0 fully saturated rings. The number of furan rings is 1. The second kappa shape index (κ2) is 4.59. The minimum absolute atomic E-state index is 0.397. The monoisotopic (exact) mass is 271 g/mol. The van der Waals surface area contributed by atoms with E-state index >= 15 is 0 Å². The smallest absolute Gasteiger partial charge is 0.283 e. The third-order valence-corrected chi connectivity index (χ3v) is 2.20. The van der Waals surface area contributed by atoms with Gasteiger partial charge < -0.3 is 14.2 Å². The second-order valence-corrected chi connectivity index (χ2v) is 3.67. The summed E-state index contributed by atoms with van der Waals surface area (Å²) in [7, 11) is 0. The summed E-state index contributed by atoms with van der Waals surface area (Å²) in [6, 6.07) is 3.55. The molecule has 2 rings (SSSR count). The average Bonchev–Trinajstić information content (AvgIpc) is 2.83. The van der Waals surface area contributed by atoms with Gasteiger partial charge >= 0.3 is 0 Å². The molecule has 2 aromatic rings.